The molecule has 0 bridgehead atoms. The second-order valence-electron chi connectivity index (χ2n) is 3.86. The smallest absolute Gasteiger partial charge is 0.323 e. The fraction of sp³-hybridized carbons (Fsp3) is 0.400. The van der Waals surface area contributed by atoms with Crippen molar-refractivity contribution in [1.29, 1.82) is 0 Å². The van der Waals surface area contributed by atoms with Crippen LogP contribution in [0.1, 0.15) is 18.1 Å². The lowest BCUT2D eigenvalue weighted by atomic mass is 10.1. The average Bonchev–Trinajstić information content (AvgIpc) is 2.61. The Morgan fingerprint density at radius 2 is 2.00 bits per heavy atom. The van der Waals surface area contributed by atoms with Crippen LogP contribution in [0.2, 0.25) is 0 Å². The van der Waals surface area contributed by atoms with E-state index in [2.05, 4.69) is 0 Å². The van der Waals surface area contributed by atoms with Crippen molar-refractivity contribution in [2.45, 2.75) is 18.3 Å². The van der Waals surface area contributed by atoms with Gasteiger partial charge in [0.05, 0.1) is 0 Å². The fourth-order valence-corrected chi connectivity index (χ4v) is 2.81. The summed E-state index contributed by atoms with van der Waals surface area (Å²) in [4.78, 5) is 23.7. The molecule has 2 N–H and O–H groups in total. The van der Waals surface area contributed by atoms with E-state index in [9.17, 15) is 4.57 Å². The zero-order chi connectivity index (χ0) is 11.8. The Hall–Kier alpha value is -0.710. The first kappa shape index (κ1) is 11.8. The van der Waals surface area contributed by atoms with Crippen molar-refractivity contribution in [3.05, 3.63) is 35.9 Å². The molecule has 2 atom stereocenters. The molecular formula is C10H14NO4P. The van der Waals surface area contributed by atoms with Crippen molar-refractivity contribution >= 4 is 7.60 Å². The molecule has 1 fully saturated rings. The maximum absolute atomic E-state index is 11.2. The zero-order valence-corrected chi connectivity index (χ0v) is 9.75. The van der Waals surface area contributed by atoms with Crippen LogP contribution in [-0.2, 0) is 9.40 Å². The molecule has 0 saturated carbocycles. The highest BCUT2D eigenvalue weighted by atomic mass is 31.2. The van der Waals surface area contributed by atoms with E-state index in [4.69, 9.17) is 14.6 Å². The van der Waals surface area contributed by atoms with Crippen LogP contribution in [0.3, 0.4) is 0 Å². The number of hydrogen-bond acceptors (Lipinski definition) is 3. The van der Waals surface area contributed by atoms with Gasteiger partial charge in [0.2, 0.25) is 0 Å². The Morgan fingerprint density at radius 3 is 2.50 bits per heavy atom. The van der Waals surface area contributed by atoms with E-state index >= 15 is 0 Å². The topological polar surface area (TPSA) is 70.0 Å². The lowest BCUT2D eigenvalue weighted by Crippen LogP contribution is -2.23. The van der Waals surface area contributed by atoms with Crippen molar-refractivity contribution < 1.29 is 19.2 Å². The first-order valence-corrected chi connectivity index (χ1v) is 6.66. The third kappa shape index (κ3) is 2.34. The highest BCUT2D eigenvalue weighted by Gasteiger charge is 2.42. The molecule has 1 saturated heterocycles. The molecule has 1 aliphatic heterocycles. The highest BCUT2D eigenvalue weighted by Crippen LogP contribution is 2.51. The van der Waals surface area contributed by atoms with Gasteiger partial charge in [0.15, 0.2) is 0 Å². The van der Waals surface area contributed by atoms with Gasteiger partial charge in [-0.25, -0.2) is 0 Å². The van der Waals surface area contributed by atoms with E-state index in [1.165, 1.54) is 5.06 Å². The molecule has 0 aliphatic carbocycles. The van der Waals surface area contributed by atoms with E-state index in [0.29, 0.717) is 6.42 Å². The largest absolute Gasteiger partial charge is 0.345 e. The van der Waals surface area contributed by atoms with Crippen LogP contribution in [0.25, 0.3) is 0 Å². The number of nitrogens with zero attached hydrogens (tertiary/aromatic N) is 1. The van der Waals surface area contributed by atoms with Gasteiger partial charge in [-0.3, -0.25) is 9.40 Å². The number of hydroxylamine groups is 2. The molecule has 6 heteroatoms. The summed E-state index contributed by atoms with van der Waals surface area (Å²) in [6.45, 7) is 0. The average molecular weight is 243 g/mol. The van der Waals surface area contributed by atoms with Crippen LogP contribution in [0.4, 0.5) is 0 Å². The third-order valence-electron chi connectivity index (χ3n) is 2.70. The van der Waals surface area contributed by atoms with Crippen LogP contribution < -0.4 is 0 Å². The number of benzene rings is 1. The molecule has 1 heterocycles. The van der Waals surface area contributed by atoms with E-state index in [1.807, 2.05) is 30.3 Å². The van der Waals surface area contributed by atoms with Gasteiger partial charge in [0.25, 0.3) is 0 Å². The summed E-state index contributed by atoms with van der Waals surface area (Å²) in [5.74, 6) is -0.849. The van der Waals surface area contributed by atoms with Gasteiger partial charge in [-0.2, -0.15) is 5.06 Å². The van der Waals surface area contributed by atoms with Gasteiger partial charge in [-0.1, -0.05) is 30.3 Å². The second kappa shape index (κ2) is 4.28. The van der Waals surface area contributed by atoms with Gasteiger partial charge >= 0.3 is 7.60 Å². The summed E-state index contributed by atoms with van der Waals surface area (Å²) >= 11 is 0. The lowest BCUT2D eigenvalue weighted by molar-refractivity contribution is -0.136. The Balaban J connectivity index is 2.16. The van der Waals surface area contributed by atoms with Crippen LogP contribution in [-0.4, -0.2) is 27.7 Å². The maximum atomic E-state index is 11.2. The molecule has 0 unspecified atom stereocenters. The van der Waals surface area contributed by atoms with Crippen molar-refractivity contribution in [2.24, 2.45) is 0 Å². The van der Waals surface area contributed by atoms with Crippen molar-refractivity contribution in [1.82, 2.24) is 5.06 Å². The minimum Gasteiger partial charge on any atom is -0.323 e. The van der Waals surface area contributed by atoms with E-state index in [1.54, 1.807) is 7.05 Å². The van der Waals surface area contributed by atoms with Gasteiger partial charge in [-0.15, -0.1) is 0 Å². The molecule has 0 radical (unpaired) electrons. The van der Waals surface area contributed by atoms with Gasteiger partial charge in [-0.05, 0) is 5.56 Å². The monoisotopic (exact) mass is 243 g/mol. The van der Waals surface area contributed by atoms with Crippen LogP contribution >= 0.6 is 7.60 Å². The third-order valence-corrected chi connectivity index (χ3v) is 4.01. The second-order valence-corrected chi connectivity index (χ2v) is 5.63. The van der Waals surface area contributed by atoms with E-state index < -0.39 is 13.4 Å². The van der Waals surface area contributed by atoms with Gasteiger partial charge < -0.3 is 9.79 Å². The molecule has 0 spiro atoms. The fourth-order valence-electron chi connectivity index (χ4n) is 1.87. The summed E-state index contributed by atoms with van der Waals surface area (Å²) in [7, 11) is -2.58. The zero-order valence-electron chi connectivity index (χ0n) is 8.85. The van der Waals surface area contributed by atoms with Crippen molar-refractivity contribution in [3.63, 3.8) is 0 Å². The molecular weight excluding hydrogens is 229 g/mol. The molecule has 1 aromatic carbocycles. The Morgan fingerprint density at radius 1 is 1.38 bits per heavy atom. The van der Waals surface area contributed by atoms with Crippen molar-refractivity contribution in [2.75, 3.05) is 7.05 Å². The Kier molecular flexibility index (Phi) is 3.15. The first-order valence-electron chi connectivity index (χ1n) is 4.98. The molecule has 88 valence electrons. The summed E-state index contributed by atoms with van der Waals surface area (Å²) in [6, 6.07) is 9.43. The number of rotatable bonds is 2. The normalized spacial score (nSPS) is 27.2. The Bertz CT molecular complexity index is 405. The summed E-state index contributed by atoms with van der Waals surface area (Å²) < 4.78 is 11.2. The first-order chi connectivity index (χ1) is 7.48. The predicted molar refractivity (Wildman–Crippen MR) is 58.5 cm³/mol. The van der Waals surface area contributed by atoms with Gasteiger partial charge in [0, 0.05) is 13.5 Å². The quantitative estimate of drug-likeness (QED) is 0.770. The highest BCUT2D eigenvalue weighted by molar-refractivity contribution is 7.52. The predicted octanol–water partition coefficient (Wildman–Crippen LogP) is 1.50. The molecule has 0 amide bonds. The number of hydrogen-bond donors (Lipinski definition) is 2. The summed E-state index contributed by atoms with van der Waals surface area (Å²) in [5, 5.41) is 1.26. The standard InChI is InChI=1S/C10H14NO4P/c1-11-10(16(12,13)14)7-9(15-11)8-5-3-2-4-6-8/h2-6,9-10H,7H2,1H3,(H2,12,13,14)/t9-,10+/m0/s1. The van der Waals surface area contributed by atoms with Crippen LogP contribution in [0.15, 0.2) is 30.3 Å². The molecule has 16 heavy (non-hydrogen) atoms. The SMILES string of the molecule is CN1O[C@H](c2ccccc2)C[C@H]1P(=O)(O)O. The summed E-state index contributed by atoms with van der Waals surface area (Å²) in [5.41, 5.74) is 0.935. The van der Waals surface area contributed by atoms with E-state index in [-0.39, 0.29) is 6.10 Å². The molecule has 5 nitrogen and oxygen atoms in total. The van der Waals surface area contributed by atoms with Gasteiger partial charge in [0.1, 0.15) is 11.9 Å². The van der Waals surface area contributed by atoms with E-state index in [0.717, 1.165) is 5.56 Å². The minimum absolute atomic E-state index is 0.274. The maximum Gasteiger partial charge on any atom is 0.345 e. The van der Waals surface area contributed by atoms with Crippen LogP contribution in [0, 0.1) is 0 Å². The minimum atomic E-state index is -4.13. The van der Waals surface area contributed by atoms with Crippen molar-refractivity contribution in [3.8, 4) is 0 Å². The van der Waals surface area contributed by atoms with Crippen LogP contribution in [0.5, 0.6) is 0 Å². The Labute approximate surface area is 93.8 Å². The molecule has 1 aliphatic rings. The lowest BCUT2D eigenvalue weighted by Gasteiger charge is -2.17. The molecule has 2 rings (SSSR count). The molecule has 1 aromatic rings. The summed E-state index contributed by atoms with van der Waals surface area (Å²) in [6.07, 6.45) is 0.0361. The molecule has 0 aromatic heterocycles.